The average Bonchev–Trinajstić information content (AvgIpc) is 3.12. The van der Waals surface area contributed by atoms with Crippen molar-refractivity contribution in [2.75, 3.05) is 13.7 Å². The maximum atomic E-state index is 13.8. The lowest BCUT2D eigenvalue weighted by atomic mass is 9.70. The second-order valence-electron chi connectivity index (χ2n) is 9.71. The third-order valence-corrected chi connectivity index (χ3v) is 7.72. The number of methoxy groups -OCH3 is 1. The molecule has 5 heteroatoms. The molecule has 33 heavy (non-hydrogen) atoms. The van der Waals surface area contributed by atoms with Gasteiger partial charge in [0.05, 0.1) is 24.6 Å². The zero-order valence-corrected chi connectivity index (χ0v) is 19.5. The number of nitrogens with zero attached hydrogens (tertiary/aromatic N) is 1. The van der Waals surface area contributed by atoms with Gasteiger partial charge < -0.3 is 14.4 Å². The molecule has 172 valence electrons. The zero-order chi connectivity index (χ0) is 23.1. The third-order valence-electron chi connectivity index (χ3n) is 7.72. The number of Topliss-reactive ketones (excluding diaryl/α,β-unsaturated/α-hetero) is 1. The van der Waals surface area contributed by atoms with Crippen LogP contribution in [0.15, 0.2) is 65.9 Å². The first kappa shape index (κ1) is 21.7. The average molecular weight is 446 g/mol. The van der Waals surface area contributed by atoms with Crippen molar-refractivity contribution in [2.45, 2.75) is 45.3 Å². The molecule has 5 atom stereocenters. The fraction of sp³-hybridized carbons (Fsp3) is 0.429. The first-order valence-corrected chi connectivity index (χ1v) is 11.9. The second-order valence-corrected chi connectivity index (χ2v) is 9.71. The van der Waals surface area contributed by atoms with Crippen LogP contribution in [-0.4, -0.2) is 36.3 Å². The van der Waals surface area contributed by atoms with E-state index in [0.29, 0.717) is 30.4 Å². The minimum absolute atomic E-state index is 0.106. The number of benzene rings is 2. The first-order chi connectivity index (χ1) is 16.0. The lowest BCUT2D eigenvalue weighted by Crippen LogP contribution is -2.43. The number of ketones is 1. The molecule has 0 saturated heterocycles. The van der Waals surface area contributed by atoms with Gasteiger partial charge in [-0.1, -0.05) is 56.3 Å². The minimum Gasteiger partial charge on any atom is -0.497 e. The number of carbonyl (C=O) groups excluding carboxylic acids is 2. The lowest BCUT2D eigenvalue weighted by molar-refractivity contribution is -0.137. The van der Waals surface area contributed by atoms with Crippen LogP contribution in [0.3, 0.4) is 0 Å². The molecule has 1 saturated carbocycles. The van der Waals surface area contributed by atoms with Crippen molar-refractivity contribution in [1.82, 2.24) is 4.90 Å². The van der Waals surface area contributed by atoms with E-state index in [1.54, 1.807) is 7.11 Å². The van der Waals surface area contributed by atoms with Gasteiger partial charge in [-0.05, 0) is 54.4 Å². The smallest absolute Gasteiger partial charge is 0.290 e. The van der Waals surface area contributed by atoms with Crippen LogP contribution in [0.1, 0.15) is 43.9 Å². The Balaban J connectivity index is 1.46. The van der Waals surface area contributed by atoms with Crippen LogP contribution in [0.2, 0.25) is 0 Å². The minimum atomic E-state index is -0.393. The highest BCUT2D eigenvalue weighted by atomic mass is 16.5. The molecule has 2 aromatic rings. The van der Waals surface area contributed by atoms with Crippen molar-refractivity contribution < 1.29 is 19.1 Å². The van der Waals surface area contributed by atoms with Crippen LogP contribution in [-0.2, 0) is 20.7 Å². The Kier molecular flexibility index (Phi) is 5.73. The Morgan fingerprint density at radius 3 is 2.36 bits per heavy atom. The van der Waals surface area contributed by atoms with Crippen molar-refractivity contribution in [1.29, 1.82) is 0 Å². The van der Waals surface area contributed by atoms with E-state index in [9.17, 15) is 9.59 Å². The largest absolute Gasteiger partial charge is 0.497 e. The predicted molar refractivity (Wildman–Crippen MR) is 126 cm³/mol. The number of carbonyl (C=O) groups is 2. The van der Waals surface area contributed by atoms with E-state index < -0.39 is 6.04 Å². The Hall–Kier alpha value is -3.08. The molecule has 3 aliphatic rings. The van der Waals surface area contributed by atoms with Gasteiger partial charge in [0.25, 0.3) is 5.91 Å². The van der Waals surface area contributed by atoms with Gasteiger partial charge in [0.2, 0.25) is 0 Å². The number of ether oxygens (including phenoxy) is 2. The van der Waals surface area contributed by atoms with E-state index in [1.807, 2.05) is 59.5 Å². The lowest BCUT2D eigenvalue weighted by Gasteiger charge is -2.40. The SMILES string of the molecule is COc1ccc(CCN2C(=O)C3=C(C(=O)C4CC(C)C(C)CC4O3)C2c2ccccc2)cc1. The molecule has 5 unspecified atom stereocenters. The summed E-state index contributed by atoms with van der Waals surface area (Å²) in [6, 6.07) is 17.4. The third kappa shape index (κ3) is 3.84. The zero-order valence-electron chi connectivity index (χ0n) is 19.5. The van der Waals surface area contributed by atoms with Gasteiger partial charge in [-0.3, -0.25) is 9.59 Å². The number of hydrogen-bond acceptors (Lipinski definition) is 4. The van der Waals surface area contributed by atoms with Gasteiger partial charge >= 0.3 is 0 Å². The standard InChI is InChI=1S/C28H31NO4/c1-17-15-22-23(16-18(17)2)33-27-24(26(22)30)25(20-7-5-4-6-8-20)29(28(27)31)14-13-19-9-11-21(32-3)12-10-19/h4-12,17-18,22-23,25H,13-16H2,1-3H3. The maximum Gasteiger partial charge on any atom is 0.290 e. The Labute approximate surface area is 195 Å². The fourth-order valence-electron chi connectivity index (χ4n) is 5.56. The summed E-state index contributed by atoms with van der Waals surface area (Å²) in [5, 5.41) is 0. The van der Waals surface area contributed by atoms with Gasteiger partial charge in [0, 0.05) is 6.54 Å². The van der Waals surface area contributed by atoms with Crippen LogP contribution in [0.4, 0.5) is 0 Å². The van der Waals surface area contributed by atoms with Gasteiger partial charge in [-0.2, -0.15) is 0 Å². The molecule has 5 nitrogen and oxygen atoms in total. The van der Waals surface area contributed by atoms with Crippen LogP contribution in [0.5, 0.6) is 5.75 Å². The molecule has 1 amide bonds. The van der Waals surface area contributed by atoms with Gasteiger partial charge in [-0.15, -0.1) is 0 Å². The van der Waals surface area contributed by atoms with E-state index in [-0.39, 0.29) is 29.5 Å². The highest BCUT2D eigenvalue weighted by molar-refractivity contribution is 6.11. The molecule has 0 radical (unpaired) electrons. The molecule has 0 bridgehead atoms. The predicted octanol–water partition coefficient (Wildman–Crippen LogP) is 4.73. The summed E-state index contributed by atoms with van der Waals surface area (Å²) in [5.74, 6) is 1.83. The van der Waals surface area contributed by atoms with Gasteiger partial charge in [0.15, 0.2) is 11.5 Å². The van der Waals surface area contributed by atoms with Crippen LogP contribution < -0.4 is 4.74 Å². The second kappa shape index (κ2) is 8.69. The Morgan fingerprint density at radius 2 is 1.67 bits per heavy atom. The summed E-state index contributed by atoms with van der Waals surface area (Å²) in [5.41, 5.74) is 2.63. The first-order valence-electron chi connectivity index (χ1n) is 11.9. The topological polar surface area (TPSA) is 55.8 Å². The molecule has 1 fully saturated rings. The molecular formula is C28H31NO4. The highest BCUT2D eigenvalue weighted by Crippen LogP contribution is 2.48. The molecule has 1 aliphatic carbocycles. The molecule has 2 aromatic carbocycles. The van der Waals surface area contributed by atoms with Crippen molar-refractivity contribution in [3.05, 3.63) is 77.1 Å². The maximum absolute atomic E-state index is 13.8. The Bertz CT molecular complexity index is 1070. The summed E-state index contributed by atoms with van der Waals surface area (Å²) in [6.45, 7) is 4.94. The molecular weight excluding hydrogens is 414 g/mol. The van der Waals surface area contributed by atoms with Crippen molar-refractivity contribution in [3.8, 4) is 5.75 Å². The number of fused-ring (bicyclic) bond motifs is 1. The van der Waals surface area contributed by atoms with Crippen LogP contribution in [0, 0.1) is 17.8 Å². The Morgan fingerprint density at radius 1 is 0.970 bits per heavy atom. The quantitative estimate of drug-likeness (QED) is 0.668. The van der Waals surface area contributed by atoms with Crippen LogP contribution in [0.25, 0.3) is 0 Å². The summed E-state index contributed by atoms with van der Waals surface area (Å²) in [4.78, 5) is 29.2. The highest BCUT2D eigenvalue weighted by Gasteiger charge is 2.53. The molecule has 2 aliphatic heterocycles. The monoisotopic (exact) mass is 445 g/mol. The van der Waals surface area contributed by atoms with Gasteiger partial charge in [-0.25, -0.2) is 0 Å². The van der Waals surface area contributed by atoms with E-state index in [4.69, 9.17) is 9.47 Å². The fourth-order valence-corrected chi connectivity index (χ4v) is 5.56. The summed E-state index contributed by atoms with van der Waals surface area (Å²) in [7, 11) is 1.65. The molecule has 0 aromatic heterocycles. The summed E-state index contributed by atoms with van der Waals surface area (Å²) in [6.07, 6.45) is 2.14. The normalized spacial score (nSPS) is 28.9. The molecule has 5 rings (SSSR count). The number of hydrogen-bond donors (Lipinski definition) is 0. The molecule has 2 heterocycles. The van der Waals surface area contributed by atoms with Crippen molar-refractivity contribution in [2.24, 2.45) is 17.8 Å². The van der Waals surface area contributed by atoms with E-state index in [0.717, 1.165) is 29.7 Å². The number of rotatable bonds is 5. The van der Waals surface area contributed by atoms with Crippen LogP contribution >= 0.6 is 0 Å². The van der Waals surface area contributed by atoms with E-state index in [2.05, 4.69) is 13.8 Å². The molecule has 0 spiro atoms. The summed E-state index contributed by atoms with van der Waals surface area (Å²) < 4.78 is 11.6. The van der Waals surface area contributed by atoms with Crippen molar-refractivity contribution >= 4 is 11.7 Å². The van der Waals surface area contributed by atoms with Crippen molar-refractivity contribution in [3.63, 3.8) is 0 Å². The van der Waals surface area contributed by atoms with E-state index >= 15 is 0 Å². The van der Waals surface area contributed by atoms with Gasteiger partial charge in [0.1, 0.15) is 11.9 Å². The molecule has 0 N–H and O–H groups in total. The summed E-state index contributed by atoms with van der Waals surface area (Å²) >= 11 is 0. The number of amides is 1. The van der Waals surface area contributed by atoms with E-state index in [1.165, 1.54) is 0 Å².